The van der Waals surface area contributed by atoms with Gasteiger partial charge in [-0.2, -0.15) is 0 Å². The second-order valence-electron chi connectivity index (χ2n) is 6.49. The molecule has 1 atom stereocenters. The van der Waals surface area contributed by atoms with E-state index in [-0.39, 0.29) is 23.5 Å². The van der Waals surface area contributed by atoms with E-state index in [2.05, 4.69) is 38.6 Å². The van der Waals surface area contributed by atoms with E-state index in [1.54, 1.807) is 0 Å². The van der Waals surface area contributed by atoms with Gasteiger partial charge in [-0.25, -0.2) is 0 Å². The minimum Gasteiger partial charge on any atom is -0.468 e. The highest BCUT2D eigenvalue weighted by molar-refractivity contribution is 6.74. The van der Waals surface area contributed by atoms with Crippen LogP contribution in [0.3, 0.4) is 0 Å². The van der Waals surface area contributed by atoms with Gasteiger partial charge in [0.15, 0.2) is 8.32 Å². The van der Waals surface area contributed by atoms with Gasteiger partial charge in [0, 0.05) is 6.54 Å². The topological polar surface area (TPSA) is 55.8 Å². The van der Waals surface area contributed by atoms with Crippen LogP contribution in [0.2, 0.25) is 18.1 Å². The van der Waals surface area contributed by atoms with Gasteiger partial charge in [0.25, 0.3) is 5.91 Å². The molecule has 1 fully saturated rings. The minimum atomic E-state index is -1.95. The summed E-state index contributed by atoms with van der Waals surface area (Å²) in [6, 6.07) is 0. The second kappa shape index (κ2) is 5.62. The van der Waals surface area contributed by atoms with Crippen molar-refractivity contribution in [2.75, 3.05) is 20.2 Å². The Morgan fingerprint density at radius 1 is 1.42 bits per heavy atom. The summed E-state index contributed by atoms with van der Waals surface area (Å²) in [4.78, 5) is 24.9. The average Bonchev–Trinajstić information content (AvgIpc) is 2.59. The van der Waals surface area contributed by atoms with E-state index in [0.717, 1.165) is 0 Å². The molecular formula is C13H25NO4Si. The summed E-state index contributed by atoms with van der Waals surface area (Å²) in [5, 5.41) is 0.0725. The summed E-state index contributed by atoms with van der Waals surface area (Å²) in [6.07, 6.45) is 0.257. The SMILES string of the molecule is COC(=O)CN1CCC(O[Si](C)(C)C(C)(C)C)C1=O. The molecule has 0 aliphatic carbocycles. The summed E-state index contributed by atoms with van der Waals surface area (Å²) in [7, 11) is -0.627. The van der Waals surface area contributed by atoms with Crippen LogP contribution < -0.4 is 0 Å². The van der Waals surface area contributed by atoms with Crippen molar-refractivity contribution in [2.24, 2.45) is 0 Å². The number of rotatable bonds is 4. The van der Waals surface area contributed by atoms with Gasteiger partial charge in [0.05, 0.1) is 7.11 Å². The normalized spacial score (nSPS) is 20.8. The Balaban J connectivity index is 2.64. The Bertz CT molecular complexity index is 362. The molecule has 5 nitrogen and oxygen atoms in total. The first-order valence-electron chi connectivity index (χ1n) is 6.62. The summed E-state index contributed by atoms with van der Waals surface area (Å²) >= 11 is 0. The lowest BCUT2D eigenvalue weighted by molar-refractivity contribution is -0.146. The number of hydrogen-bond acceptors (Lipinski definition) is 4. The van der Waals surface area contributed by atoms with Crippen LogP contribution in [0.25, 0.3) is 0 Å². The third-order valence-corrected chi connectivity index (χ3v) is 8.53. The number of likely N-dealkylation sites (tertiary alicyclic amines) is 1. The fourth-order valence-corrected chi connectivity index (χ4v) is 3.01. The van der Waals surface area contributed by atoms with Crippen LogP contribution >= 0.6 is 0 Å². The molecule has 1 aliphatic rings. The summed E-state index contributed by atoms with van der Waals surface area (Å²) in [5.74, 6) is -0.475. The fraction of sp³-hybridized carbons (Fsp3) is 0.846. The smallest absolute Gasteiger partial charge is 0.325 e. The molecule has 1 saturated heterocycles. The maximum absolute atomic E-state index is 12.2. The van der Waals surface area contributed by atoms with Crippen molar-refractivity contribution in [3.8, 4) is 0 Å². The molecule has 1 aliphatic heterocycles. The molecule has 0 bridgehead atoms. The number of ether oxygens (including phenoxy) is 1. The number of carbonyl (C=O) groups excluding carboxylic acids is 2. The Hall–Kier alpha value is -0.883. The molecule has 1 rings (SSSR count). The van der Waals surface area contributed by atoms with Crippen LogP contribution in [0.15, 0.2) is 0 Å². The number of esters is 1. The first kappa shape index (κ1) is 16.2. The zero-order chi connectivity index (χ0) is 14.8. The third kappa shape index (κ3) is 3.79. The highest BCUT2D eigenvalue weighted by atomic mass is 28.4. The lowest BCUT2D eigenvalue weighted by Crippen LogP contribution is -2.46. The maximum atomic E-state index is 12.2. The second-order valence-corrected chi connectivity index (χ2v) is 11.2. The number of nitrogens with zero attached hydrogens (tertiary/aromatic N) is 1. The van der Waals surface area contributed by atoms with Crippen LogP contribution in [-0.4, -0.2) is 51.4 Å². The molecule has 0 aromatic rings. The van der Waals surface area contributed by atoms with Crippen molar-refractivity contribution in [1.82, 2.24) is 4.90 Å². The van der Waals surface area contributed by atoms with E-state index in [1.807, 2.05) is 0 Å². The predicted octanol–water partition coefficient (Wildman–Crippen LogP) is 1.78. The van der Waals surface area contributed by atoms with Gasteiger partial charge in [-0.1, -0.05) is 20.8 Å². The molecule has 0 aromatic carbocycles. The standard InChI is InChI=1S/C13H25NO4Si/c1-13(2,3)19(5,6)18-10-7-8-14(12(10)16)9-11(15)17-4/h10H,7-9H2,1-6H3. The molecule has 1 amide bonds. The first-order chi connectivity index (χ1) is 8.58. The number of carbonyl (C=O) groups is 2. The van der Waals surface area contributed by atoms with Crippen LogP contribution in [-0.2, 0) is 18.8 Å². The van der Waals surface area contributed by atoms with E-state index in [0.29, 0.717) is 13.0 Å². The molecule has 1 heterocycles. The number of methoxy groups -OCH3 is 1. The van der Waals surface area contributed by atoms with Crippen LogP contribution in [0.4, 0.5) is 0 Å². The van der Waals surface area contributed by atoms with E-state index < -0.39 is 14.4 Å². The molecule has 6 heteroatoms. The monoisotopic (exact) mass is 287 g/mol. The summed E-state index contributed by atoms with van der Waals surface area (Å²) in [6.45, 7) is 11.3. The van der Waals surface area contributed by atoms with E-state index in [1.165, 1.54) is 12.0 Å². The van der Waals surface area contributed by atoms with Gasteiger partial charge in [0.2, 0.25) is 0 Å². The Morgan fingerprint density at radius 3 is 2.47 bits per heavy atom. The van der Waals surface area contributed by atoms with Crippen molar-refractivity contribution < 1.29 is 18.8 Å². The van der Waals surface area contributed by atoms with Crippen molar-refractivity contribution in [1.29, 1.82) is 0 Å². The van der Waals surface area contributed by atoms with E-state index in [9.17, 15) is 9.59 Å². The van der Waals surface area contributed by atoms with Crippen molar-refractivity contribution in [2.45, 2.75) is 51.4 Å². The Kier molecular flexibility index (Phi) is 4.79. The van der Waals surface area contributed by atoms with Gasteiger partial charge in [-0.3, -0.25) is 9.59 Å². The molecule has 1 unspecified atom stereocenters. The molecule has 0 radical (unpaired) electrons. The Labute approximate surface area is 116 Å². The molecule has 0 aromatic heterocycles. The zero-order valence-electron chi connectivity index (χ0n) is 12.8. The van der Waals surface area contributed by atoms with Crippen molar-refractivity contribution >= 4 is 20.2 Å². The first-order valence-corrected chi connectivity index (χ1v) is 9.53. The molecule has 19 heavy (non-hydrogen) atoms. The third-order valence-electron chi connectivity index (χ3n) is 4.04. The largest absolute Gasteiger partial charge is 0.468 e. The number of amides is 1. The average molecular weight is 287 g/mol. The molecule has 0 N–H and O–H groups in total. The van der Waals surface area contributed by atoms with Gasteiger partial charge < -0.3 is 14.1 Å². The zero-order valence-corrected chi connectivity index (χ0v) is 13.8. The van der Waals surface area contributed by atoms with Crippen molar-refractivity contribution in [3.05, 3.63) is 0 Å². The van der Waals surface area contributed by atoms with Crippen molar-refractivity contribution in [3.63, 3.8) is 0 Å². The van der Waals surface area contributed by atoms with Crippen LogP contribution in [0, 0.1) is 0 Å². The van der Waals surface area contributed by atoms with E-state index in [4.69, 9.17) is 4.43 Å². The highest BCUT2D eigenvalue weighted by Crippen LogP contribution is 2.38. The lowest BCUT2D eigenvalue weighted by atomic mass is 10.2. The fourth-order valence-electron chi connectivity index (χ4n) is 1.73. The molecular weight excluding hydrogens is 262 g/mol. The van der Waals surface area contributed by atoms with Crippen LogP contribution in [0.1, 0.15) is 27.2 Å². The molecule has 110 valence electrons. The van der Waals surface area contributed by atoms with Gasteiger partial charge in [-0.05, 0) is 24.6 Å². The molecule has 0 spiro atoms. The van der Waals surface area contributed by atoms with Gasteiger partial charge >= 0.3 is 5.97 Å². The summed E-state index contributed by atoms with van der Waals surface area (Å²) < 4.78 is 10.7. The Morgan fingerprint density at radius 2 is 2.00 bits per heavy atom. The lowest BCUT2D eigenvalue weighted by Gasteiger charge is -2.37. The minimum absolute atomic E-state index is 0.0205. The van der Waals surface area contributed by atoms with Gasteiger partial charge in [0.1, 0.15) is 12.6 Å². The predicted molar refractivity (Wildman–Crippen MR) is 75.3 cm³/mol. The van der Waals surface area contributed by atoms with E-state index >= 15 is 0 Å². The highest BCUT2D eigenvalue weighted by Gasteiger charge is 2.43. The maximum Gasteiger partial charge on any atom is 0.325 e. The molecule has 0 saturated carbocycles. The quantitative estimate of drug-likeness (QED) is 0.584. The summed E-state index contributed by atoms with van der Waals surface area (Å²) in [5.41, 5.74) is 0. The van der Waals surface area contributed by atoms with Gasteiger partial charge in [-0.15, -0.1) is 0 Å². The van der Waals surface area contributed by atoms with Crippen LogP contribution in [0.5, 0.6) is 0 Å². The number of hydrogen-bond donors (Lipinski definition) is 0.